The van der Waals surface area contributed by atoms with Crippen LogP contribution in [-0.2, 0) is 6.42 Å². The Hall–Kier alpha value is -0.670. The van der Waals surface area contributed by atoms with Crippen LogP contribution in [0, 0.1) is 0 Å². The molecule has 0 bridgehead atoms. The van der Waals surface area contributed by atoms with E-state index in [0.29, 0.717) is 17.6 Å². The Bertz CT molecular complexity index is 286. The topological polar surface area (TPSA) is 51.8 Å². The van der Waals surface area contributed by atoms with Gasteiger partial charge in [-0.15, -0.1) is 0 Å². The Morgan fingerprint density at radius 3 is 2.69 bits per heavy atom. The minimum Gasteiger partial charge on any atom is -0.330 e. The van der Waals surface area contributed by atoms with Crippen molar-refractivity contribution >= 4 is 11.6 Å². The maximum atomic E-state index is 5.95. The molecule has 0 amide bonds. The Balaban J connectivity index is 2.92. The molecular weight excluding hydrogens is 186 g/mol. The second-order valence-corrected chi connectivity index (χ2v) is 3.60. The summed E-state index contributed by atoms with van der Waals surface area (Å²) in [5, 5.41) is 0.532. The van der Waals surface area contributed by atoms with Crippen LogP contribution in [-0.4, -0.2) is 16.5 Å². The highest BCUT2D eigenvalue weighted by Gasteiger charge is 2.06. The number of hydrogen-bond acceptors (Lipinski definition) is 3. The third kappa shape index (κ3) is 2.64. The average molecular weight is 200 g/mol. The number of nitrogens with zero attached hydrogens (tertiary/aromatic N) is 2. The monoisotopic (exact) mass is 199 g/mol. The lowest BCUT2D eigenvalue weighted by atomic mass is 10.2. The van der Waals surface area contributed by atoms with Gasteiger partial charge in [-0.3, -0.25) is 0 Å². The van der Waals surface area contributed by atoms with Crippen molar-refractivity contribution in [3.63, 3.8) is 0 Å². The minimum atomic E-state index is 0.310. The summed E-state index contributed by atoms with van der Waals surface area (Å²) in [4.78, 5) is 8.40. The molecule has 4 heteroatoms. The van der Waals surface area contributed by atoms with Crippen LogP contribution < -0.4 is 5.73 Å². The van der Waals surface area contributed by atoms with Crippen LogP contribution >= 0.6 is 11.6 Å². The van der Waals surface area contributed by atoms with Crippen LogP contribution in [0.15, 0.2) is 6.20 Å². The summed E-state index contributed by atoms with van der Waals surface area (Å²) in [6.07, 6.45) is 2.49. The molecule has 0 fully saturated rings. The molecule has 0 saturated heterocycles. The summed E-state index contributed by atoms with van der Waals surface area (Å²) in [5.41, 5.74) is 6.34. The SMILES string of the molecule is CC(C)c1ncc(CCN)c(Cl)n1. The summed E-state index contributed by atoms with van der Waals surface area (Å²) in [5.74, 6) is 1.09. The van der Waals surface area contributed by atoms with Crippen molar-refractivity contribution in [1.82, 2.24) is 9.97 Å². The predicted molar refractivity (Wildman–Crippen MR) is 53.9 cm³/mol. The van der Waals surface area contributed by atoms with Crippen LogP contribution in [0.4, 0.5) is 0 Å². The van der Waals surface area contributed by atoms with Crippen LogP contribution in [0.1, 0.15) is 31.2 Å². The van der Waals surface area contributed by atoms with Gasteiger partial charge in [0.1, 0.15) is 11.0 Å². The fourth-order valence-electron chi connectivity index (χ4n) is 1.000. The molecule has 1 rings (SSSR count). The van der Waals surface area contributed by atoms with Crippen molar-refractivity contribution in [2.75, 3.05) is 6.54 Å². The van der Waals surface area contributed by atoms with Crippen LogP contribution in [0.3, 0.4) is 0 Å². The van der Waals surface area contributed by atoms with Crippen LogP contribution in [0.2, 0.25) is 5.15 Å². The van der Waals surface area contributed by atoms with E-state index in [-0.39, 0.29) is 0 Å². The molecule has 0 aliphatic heterocycles. The molecule has 0 aliphatic rings. The lowest BCUT2D eigenvalue weighted by Crippen LogP contribution is -2.06. The molecular formula is C9H14ClN3. The standard InChI is InChI=1S/C9H14ClN3/c1-6(2)9-12-5-7(3-4-11)8(10)13-9/h5-6H,3-4,11H2,1-2H3. The van der Waals surface area contributed by atoms with E-state index in [1.807, 2.05) is 13.8 Å². The van der Waals surface area contributed by atoms with Crippen molar-refractivity contribution in [3.05, 3.63) is 22.7 Å². The maximum Gasteiger partial charge on any atom is 0.136 e. The Labute approximate surface area is 83.3 Å². The Morgan fingerprint density at radius 2 is 2.23 bits per heavy atom. The van der Waals surface area contributed by atoms with Gasteiger partial charge in [-0.05, 0) is 13.0 Å². The van der Waals surface area contributed by atoms with Gasteiger partial charge in [0.2, 0.25) is 0 Å². The molecule has 0 unspecified atom stereocenters. The number of halogens is 1. The summed E-state index contributed by atoms with van der Waals surface area (Å²) < 4.78 is 0. The molecule has 0 saturated carbocycles. The van der Waals surface area contributed by atoms with E-state index >= 15 is 0 Å². The lowest BCUT2D eigenvalue weighted by Gasteiger charge is -2.06. The number of nitrogens with two attached hydrogens (primary N) is 1. The van der Waals surface area contributed by atoms with Gasteiger partial charge in [-0.2, -0.15) is 0 Å². The quantitative estimate of drug-likeness (QED) is 0.755. The van der Waals surface area contributed by atoms with Gasteiger partial charge in [0, 0.05) is 17.7 Å². The number of aromatic nitrogens is 2. The van der Waals surface area contributed by atoms with Gasteiger partial charge in [-0.25, -0.2) is 9.97 Å². The second-order valence-electron chi connectivity index (χ2n) is 3.24. The zero-order chi connectivity index (χ0) is 9.84. The number of rotatable bonds is 3. The molecule has 0 spiro atoms. The van der Waals surface area contributed by atoms with E-state index in [0.717, 1.165) is 17.8 Å². The molecule has 72 valence electrons. The maximum absolute atomic E-state index is 5.95. The van der Waals surface area contributed by atoms with Crippen molar-refractivity contribution in [3.8, 4) is 0 Å². The van der Waals surface area contributed by atoms with Crippen LogP contribution in [0.5, 0.6) is 0 Å². The Kier molecular flexibility index (Phi) is 3.63. The van der Waals surface area contributed by atoms with E-state index in [2.05, 4.69) is 9.97 Å². The molecule has 1 aromatic rings. The average Bonchev–Trinajstić information content (AvgIpc) is 2.08. The normalized spacial score (nSPS) is 10.8. The van der Waals surface area contributed by atoms with Gasteiger partial charge < -0.3 is 5.73 Å². The van der Waals surface area contributed by atoms with Crippen LogP contribution in [0.25, 0.3) is 0 Å². The van der Waals surface area contributed by atoms with Crippen molar-refractivity contribution in [2.24, 2.45) is 5.73 Å². The van der Waals surface area contributed by atoms with E-state index in [9.17, 15) is 0 Å². The van der Waals surface area contributed by atoms with Crippen molar-refractivity contribution < 1.29 is 0 Å². The largest absolute Gasteiger partial charge is 0.330 e. The lowest BCUT2D eigenvalue weighted by molar-refractivity contribution is 0.765. The third-order valence-corrected chi connectivity index (χ3v) is 2.09. The highest BCUT2D eigenvalue weighted by Crippen LogP contribution is 2.16. The van der Waals surface area contributed by atoms with Gasteiger partial charge >= 0.3 is 0 Å². The van der Waals surface area contributed by atoms with Gasteiger partial charge in [0.05, 0.1) is 0 Å². The summed E-state index contributed by atoms with van der Waals surface area (Å²) >= 11 is 5.95. The molecule has 13 heavy (non-hydrogen) atoms. The number of hydrogen-bond donors (Lipinski definition) is 1. The zero-order valence-electron chi connectivity index (χ0n) is 7.92. The highest BCUT2D eigenvalue weighted by molar-refractivity contribution is 6.30. The second kappa shape index (κ2) is 4.53. The molecule has 1 aromatic heterocycles. The molecule has 0 atom stereocenters. The molecule has 3 nitrogen and oxygen atoms in total. The fraction of sp³-hybridized carbons (Fsp3) is 0.556. The molecule has 1 heterocycles. The minimum absolute atomic E-state index is 0.310. The van der Waals surface area contributed by atoms with E-state index in [1.165, 1.54) is 0 Å². The Morgan fingerprint density at radius 1 is 1.54 bits per heavy atom. The highest BCUT2D eigenvalue weighted by atomic mass is 35.5. The van der Waals surface area contributed by atoms with E-state index in [4.69, 9.17) is 17.3 Å². The summed E-state index contributed by atoms with van der Waals surface area (Å²) in [6, 6.07) is 0. The summed E-state index contributed by atoms with van der Waals surface area (Å²) in [6.45, 7) is 4.65. The first-order valence-corrected chi connectivity index (χ1v) is 4.74. The summed E-state index contributed by atoms with van der Waals surface area (Å²) in [7, 11) is 0. The van der Waals surface area contributed by atoms with Gasteiger partial charge in [0.15, 0.2) is 0 Å². The first-order valence-electron chi connectivity index (χ1n) is 4.36. The van der Waals surface area contributed by atoms with Crippen molar-refractivity contribution in [2.45, 2.75) is 26.2 Å². The first kappa shape index (κ1) is 10.4. The molecule has 0 aliphatic carbocycles. The third-order valence-electron chi connectivity index (χ3n) is 1.76. The molecule has 2 N–H and O–H groups in total. The van der Waals surface area contributed by atoms with Gasteiger partial charge in [0.25, 0.3) is 0 Å². The van der Waals surface area contributed by atoms with Gasteiger partial charge in [-0.1, -0.05) is 25.4 Å². The van der Waals surface area contributed by atoms with E-state index < -0.39 is 0 Å². The van der Waals surface area contributed by atoms with Crippen molar-refractivity contribution in [1.29, 1.82) is 0 Å². The smallest absolute Gasteiger partial charge is 0.136 e. The zero-order valence-corrected chi connectivity index (χ0v) is 8.67. The fourth-order valence-corrected chi connectivity index (χ4v) is 1.23. The first-order chi connectivity index (χ1) is 6.15. The molecule has 0 radical (unpaired) electrons. The van der Waals surface area contributed by atoms with E-state index in [1.54, 1.807) is 6.20 Å². The molecule has 0 aromatic carbocycles. The predicted octanol–water partition coefficient (Wildman–Crippen LogP) is 1.75.